The largest absolute Gasteiger partial charge is 0.478 e. The van der Waals surface area contributed by atoms with Gasteiger partial charge in [0, 0.05) is 122 Å². The van der Waals surface area contributed by atoms with Gasteiger partial charge in [-0.3, -0.25) is 24.2 Å². The fourth-order valence-electron chi connectivity index (χ4n) is 13.3. The van der Waals surface area contributed by atoms with Crippen molar-refractivity contribution in [1.82, 2.24) is 14.8 Å². The van der Waals surface area contributed by atoms with E-state index in [0.29, 0.717) is 61.0 Å². The second-order valence-electron chi connectivity index (χ2n) is 23.0. The maximum absolute atomic E-state index is 14.2. The van der Waals surface area contributed by atoms with Crippen LogP contribution in [0.3, 0.4) is 0 Å². The molecule has 4 aliphatic heterocycles. The molecule has 5 aliphatic rings. The molecule has 7 heterocycles. The Balaban J connectivity index is 0.000000202. The van der Waals surface area contributed by atoms with Crippen LogP contribution in [0, 0.1) is 13.8 Å². The first-order valence-corrected chi connectivity index (χ1v) is 30.5. The molecule has 0 bridgehead atoms. The fourth-order valence-corrected chi connectivity index (χ4v) is 13.3. The summed E-state index contributed by atoms with van der Waals surface area (Å²) in [5.74, 6) is 1.19. The average molecular weight is 1150 g/mol. The van der Waals surface area contributed by atoms with Gasteiger partial charge < -0.3 is 43.9 Å². The highest BCUT2D eigenvalue weighted by atomic mass is 35.5. The summed E-state index contributed by atoms with van der Waals surface area (Å²) in [5.41, 5.74) is 17.6. The highest BCUT2D eigenvalue weighted by Gasteiger charge is 2.31. The topological polar surface area (TPSA) is 188 Å². The zero-order valence-corrected chi connectivity index (χ0v) is 51.2. The van der Waals surface area contributed by atoms with Gasteiger partial charge in [-0.1, -0.05) is 38.3 Å². The molecule has 0 saturated carbocycles. The number of halogens is 1. The maximum Gasteiger partial charge on any atom is 0.336 e. The van der Waals surface area contributed by atoms with E-state index in [9.17, 15) is 24.3 Å². The van der Waals surface area contributed by atoms with Crippen molar-refractivity contribution in [2.45, 2.75) is 183 Å². The monoisotopic (exact) mass is 1150 g/mol. The minimum Gasteiger partial charge on any atom is -0.478 e. The van der Waals surface area contributed by atoms with Gasteiger partial charge in [0.2, 0.25) is 0 Å². The van der Waals surface area contributed by atoms with Crippen LogP contribution in [0.15, 0.2) is 66.8 Å². The van der Waals surface area contributed by atoms with Gasteiger partial charge in [0.25, 0.3) is 5.56 Å². The number of benzene rings is 2. The molecular formula is C66H93ClN6O9. The van der Waals surface area contributed by atoms with Gasteiger partial charge in [-0.15, -0.1) is 12.4 Å². The number of H-pyrrole nitrogens is 1. The van der Waals surface area contributed by atoms with Crippen LogP contribution in [0.5, 0.6) is 0 Å². The highest BCUT2D eigenvalue weighted by Crippen LogP contribution is 2.40. The van der Waals surface area contributed by atoms with Gasteiger partial charge in [0.05, 0.1) is 18.7 Å². The number of aromatic carboxylic acids is 1. The molecule has 0 atom stereocenters. The van der Waals surface area contributed by atoms with E-state index in [1.807, 2.05) is 46.8 Å². The van der Waals surface area contributed by atoms with E-state index in [-0.39, 0.29) is 29.5 Å². The number of nitrogens with one attached hydrogen (secondary N) is 1. The summed E-state index contributed by atoms with van der Waals surface area (Å²) in [7, 11) is 0. The number of fused-ring (bicyclic) bond motifs is 2. The number of piperidine rings is 2. The number of rotatable bonds is 18. The Bertz CT molecular complexity index is 3110. The van der Waals surface area contributed by atoms with Crippen LogP contribution >= 0.6 is 12.4 Å². The number of ketones is 2. The number of hydrogen-bond donors (Lipinski definition) is 3. The smallest absolute Gasteiger partial charge is 0.336 e. The number of allylic oxidation sites excluding steroid dienone is 4. The molecule has 1 aliphatic carbocycles. The number of aromatic nitrogens is 1. The Hall–Kier alpha value is -5.55. The van der Waals surface area contributed by atoms with Crippen molar-refractivity contribution < 1.29 is 37.8 Å². The molecule has 4 fully saturated rings. The minimum absolute atomic E-state index is 0. The number of likely N-dealkylation sites (tertiary alicyclic amines) is 2. The number of aryl methyl sites for hydroxylation is 2. The number of Topliss-reactive ketones (excluding diaryl/α,β-unsaturated/α-hetero) is 2. The molecule has 3 aromatic heterocycles. The molecule has 0 radical (unpaired) electrons. The Morgan fingerprint density at radius 1 is 0.671 bits per heavy atom. The fraction of sp³-hybridized carbons (Fsp3) is 0.576. The Kier molecular flexibility index (Phi) is 23.7. The predicted octanol–water partition coefficient (Wildman–Crippen LogP) is 12.7. The van der Waals surface area contributed by atoms with Crippen LogP contribution in [0.25, 0.3) is 21.9 Å². The number of hydrogen-bond acceptors (Lipinski definition) is 13. The van der Waals surface area contributed by atoms with Crippen molar-refractivity contribution in [3.63, 3.8) is 0 Å². The van der Waals surface area contributed by atoms with Gasteiger partial charge in [-0.25, -0.2) is 4.79 Å². The molecule has 4 N–H and O–H groups in total. The van der Waals surface area contributed by atoms with Crippen molar-refractivity contribution in [3.05, 3.63) is 114 Å². The Labute approximate surface area is 492 Å². The van der Waals surface area contributed by atoms with Crippen LogP contribution in [-0.4, -0.2) is 115 Å². The second kappa shape index (κ2) is 30.3. The molecular weight excluding hydrogens is 1060 g/mol. The summed E-state index contributed by atoms with van der Waals surface area (Å²) in [5, 5.41) is 11.8. The zero-order chi connectivity index (χ0) is 57.7. The summed E-state index contributed by atoms with van der Waals surface area (Å²) in [6, 6.07) is 11.0. The van der Waals surface area contributed by atoms with Gasteiger partial charge >= 0.3 is 5.97 Å². The first kappa shape index (κ1) is 64.0. The highest BCUT2D eigenvalue weighted by molar-refractivity contribution is 6.11. The molecule has 0 spiro atoms. The summed E-state index contributed by atoms with van der Waals surface area (Å²) >= 11 is 0. The molecule has 15 nitrogen and oxygen atoms in total. The molecule has 0 amide bonds. The van der Waals surface area contributed by atoms with Crippen LogP contribution in [0.1, 0.15) is 185 Å². The number of furan rings is 2. The predicted molar refractivity (Wildman–Crippen MR) is 331 cm³/mol. The van der Waals surface area contributed by atoms with Gasteiger partial charge in [-0.05, 0) is 184 Å². The Morgan fingerprint density at radius 3 is 1.57 bits per heavy atom. The lowest BCUT2D eigenvalue weighted by atomic mass is 9.87. The summed E-state index contributed by atoms with van der Waals surface area (Å²) < 4.78 is 24.0. The van der Waals surface area contributed by atoms with Gasteiger partial charge in [0.1, 0.15) is 22.7 Å². The normalized spacial score (nSPS) is 17.7. The number of nitrogens with two attached hydrogens (primary N) is 1. The lowest BCUT2D eigenvalue weighted by Crippen LogP contribution is -2.40. The summed E-state index contributed by atoms with van der Waals surface area (Å²) in [4.78, 5) is 62.9. The number of carboxylic acid groups (broad SMARTS) is 1. The number of carbonyl (C=O) groups is 3. The number of ether oxygens (including phenoxy) is 2. The van der Waals surface area contributed by atoms with Crippen molar-refractivity contribution in [1.29, 1.82) is 0 Å². The third kappa shape index (κ3) is 15.4. The van der Waals surface area contributed by atoms with Crippen molar-refractivity contribution in [2.75, 3.05) is 75.5 Å². The molecule has 82 heavy (non-hydrogen) atoms. The van der Waals surface area contributed by atoms with Crippen molar-refractivity contribution in [2.24, 2.45) is 5.73 Å². The zero-order valence-electron chi connectivity index (χ0n) is 50.4. The summed E-state index contributed by atoms with van der Waals surface area (Å²) in [6.07, 6.45) is 16.2. The van der Waals surface area contributed by atoms with Crippen LogP contribution < -0.4 is 21.1 Å². The molecule has 0 unspecified atom stereocenters. The van der Waals surface area contributed by atoms with Gasteiger partial charge in [-0.2, -0.15) is 0 Å². The van der Waals surface area contributed by atoms with Crippen molar-refractivity contribution in [3.8, 4) is 0 Å². The van der Waals surface area contributed by atoms with E-state index in [1.165, 1.54) is 38.5 Å². The third-order valence-corrected chi connectivity index (χ3v) is 17.4. The minimum atomic E-state index is -0.868. The second-order valence-corrected chi connectivity index (χ2v) is 23.0. The average Bonchev–Trinajstić information content (AvgIpc) is 4.22. The van der Waals surface area contributed by atoms with E-state index in [4.69, 9.17) is 24.0 Å². The van der Waals surface area contributed by atoms with Crippen molar-refractivity contribution >= 4 is 63.3 Å². The lowest BCUT2D eigenvalue weighted by molar-refractivity contribution is -0.115. The first-order chi connectivity index (χ1) is 39.2. The quantitative estimate of drug-likeness (QED) is 0.0703. The number of anilines is 2. The number of pyridine rings is 1. The van der Waals surface area contributed by atoms with E-state index >= 15 is 0 Å². The SMILES string of the molecule is CCc1c(N(CC)C2CCOCC2)cc2oc(CN3CCCCC3)cc2c1C(=O)CCC1=C(C)C=C(C)CC1=O.CCc1c(N(CC)C2CCOCC2)cc2oc(CN3CCCCC3)cc2c1C(=O)O.Cc1cc(C)c(CN)c(=O)[nH]1.Cl. The van der Waals surface area contributed by atoms with E-state index in [1.54, 1.807) is 0 Å². The van der Waals surface area contributed by atoms with E-state index < -0.39 is 5.97 Å². The summed E-state index contributed by atoms with van der Waals surface area (Å²) in [6.45, 7) is 27.2. The van der Waals surface area contributed by atoms with Gasteiger partial charge in [0.15, 0.2) is 11.6 Å². The maximum atomic E-state index is 14.2. The standard InChI is InChI=1S/C34H46N2O4.C24H34N2O4.C8H12N2O.ClH/c1-5-27-30(36(6-2)25-12-16-39-17-13-25)21-33-29(20-26(40-33)22-35-14-8-7-9-15-35)34(27)31(37)11-10-28-24(4)18-23(3)19-32(28)38;1-3-19-21(26(4-2)17-8-12-29-13-9-17)15-22-20(23(19)24(27)28)14-18(30-22)16-25-10-6-5-7-11-25;1-5-3-6(2)10-8(11)7(5)4-9;/h18,20-21,25H,5-17,19,22H2,1-4H3;14-15,17H,3-13,16H2,1-2H3,(H,27,28);3H,4,9H2,1-2H3,(H,10,11);1H. The molecule has 4 saturated heterocycles. The van der Waals surface area contributed by atoms with Crippen LogP contribution in [0.4, 0.5) is 11.4 Å². The molecule has 448 valence electrons. The van der Waals surface area contributed by atoms with E-state index in [0.717, 1.165) is 195 Å². The molecule has 2 aromatic carbocycles. The first-order valence-electron chi connectivity index (χ1n) is 30.5. The lowest BCUT2D eigenvalue weighted by Gasteiger charge is -2.37. The van der Waals surface area contributed by atoms with Crippen LogP contribution in [-0.2, 0) is 46.7 Å². The number of carbonyl (C=O) groups excluding carboxylic acids is 2. The number of aromatic amines is 1. The molecule has 5 aromatic rings. The Morgan fingerprint density at radius 2 is 1.15 bits per heavy atom. The number of carboxylic acids is 1. The van der Waals surface area contributed by atoms with Crippen LogP contribution in [0.2, 0.25) is 0 Å². The molecule has 10 rings (SSSR count). The number of nitrogens with zero attached hydrogens (tertiary/aromatic N) is 4. The van der Waals surface area contributed by atoms with E-state index in [2.05, 4.69) is 69.6 Å². The third-order valence-electron chi connectivity index (χ3n) is 17.4. The molecule has 16 heteroatoms.